The van der Waals surface area contributed by atoms with Gasteiger partial charge in [-0.15, -0.1) is 0 Å². The topological polar surface area (TPSA) is 91.1 Å². The fourth-order valence-corrected chi connectivity index (χ4v) is 3.40. The van der Waals surface area contributed by atoms with Crippen LogP contribution in [0.3, 0.4) is 0 Å². The first kappa shape index (κ1) is 21.2. The molecule has 0 aromatic heterocycles. The summed E-state index contributed by atoms with van der Waals surface area (Å²) in [5.41, 5.74) is 2.71. The van der Waals surface area contributed by atoms with Crippen molar-refractivity contribution in [1.29, 1.82) is 0 Å². The van der Waals surface area contributed by atoms with E-state index in [1.165, 1.54) is 12.1 Å². The van der Waals surface area contributed by atoms with Crippen LogP contribution in [0.2, 0.25) is 0 Å². The monoisotopic (exact) mass is 412 g/mol. The first-order valence-corrected chi connectivity index (χ1v) is 9.58. The molecule has 0 bridgehead atoms. The third-order valence-electron chi connectivity index (χ3n) is 4.93. The van der Waals surface area contributed by atoms with Gasteiger partial charge in [-0.3, -0.25) is 14.9 Å². The van der Waals surface area contributed by atoms with E-state index in [0.29, 0.717) is 36.8 Å². The van der Waals surface area contributed by atoms with Gasteiger partial charge < -0.3 is 19.1 Å². The molecule has 0 radical (unpaired) electrons. The van der Waals surface area contributed by atoms with Gasteiger partial charge in [-0.25, -0.2) is 0 Å². The van der Waals surface area contributed by atoms with Crippen LogP contribution in [0.4, 0.5) is 5.69 Å². The number of nitro benzene ring substituents is 1. The number of carbonyl (C=O) groups excluding carboxylic acids is 1. The van der Waals surface area contributed by atoms with Crippen molar-refractivity contribution in [3.8, 4) is 17.2 Å². The summed E-state index contributed by atoms with van der Waals surface area (Å²) in [7, 11) is 3.18. The second-order valence-corrected chi connectivity index (χ2v) is 6.74. The van der Waals surface area contributed by atoms with Gasteiger partial charge in [-0.05, 0) is 60.4 Å². The Morgan fingerprint density at radius 1 is 1.13 bits per heavy atom. The number of nitro groups is 1. The average Bonchev–Trinajstić information content (AvgIpc) is 2.76. The number of carbonyl (C=O) groups is 1. The maximum Gasteiger partial charge on any atom is 0.310 e. The number of amides is 1. The normalized spacial score (nSPS) is 13.1. The lowest BCUT2D eigenvalue weighted by atomic mass is 9.98. The Hall–Kier alpha value is -3.55. The zero-order valence-electron chi connectivity index (χ0n) is 17.2. The molecular formula is C22H24N2O6. The summed E-state index contributed by atoms with van der Waals surface area (Å²) in [6.45, 7) is 3.14. The number of nitrogens with zero attached hydrogens (tertiary/aromatic N) is 2. The molecular weight excluding hydrogens is 388 g/mol. The van der Waals surface area contributed by atoms with Crippen molar-refractivity contribution in [3.63, 3.8) is 0 Å². The standard InChI is InChI=1S/C22H24N2O6/c1-4-30-19-11-15(5-7-18(19)24(26)27)6-8-22(25)23-10-9-16-12-20(28-2)21(29-3)13-17(16)14-23/h5-8,11-13H,4,9-10,14H2,1-3H3. The van der Waals surface area contributed by atoms with Crippen molar-refractivity contribution >= 4 is 17.7 Å². The summed E-state index contributed by atoms with van der Waals surface area (Å²) in [5, 5.41) is 11.1. The minimum absolute atomic E-state index is 0.0997. The number of hydrogen-bond donors (Lipinski definition) is 0. The molecule has 158 valence electrons. The molecule has 0 N–H and O–H groups in total. The highest BCUT2D eigenvalue weighted by Gasteiger charge is 2.22. The van der Waals surface area contributed by atoms with Crippen LogP contribution >= 0.6 is 0 Å². The molecule has 1 amide bonds. The summed E-state index contributed by atoms with van der Waals surface area (Å²) in [5.74, 6) is 1.37. The number of hydrogen-bond acceptors (Lipinski definition) is 6. The molecule has 30 heavy (non-hydrogen) atoms. The first-order chi connectivity index (χ1) is 14.5. The summed E-state index contributed by atoms with van der Waals surface area (Å²) in [6, 6.07) is 8.40. The van der Waals surface area contributed by atoms with E-state index in [4.69, 9.17) is 14.2 Å². The van der Waals surface area contributed by atoms with Crippen molar-refractivity contribution in [1.82, 2.24) is 4.90 Å². The lowest BCUT2D eigenvalue weighted by Gasteiger charge is -2.28. The molecule has 3 rings (SSSR count). The van der Waals surface area contributed by atoms with Crippen LogP contribution in [0.1, 0.15) is 23.6 Å². The summed E-state index contributed by atoms with van der Waals surface area (Å²) in [4.78, 5) is 25.0. The van der Waals surface area contributed by atoms with Gasteiger partial charge in [0.25, 0.3) is 0 Å². The maximum absolute atomic E-state index is 12.7. The first-order valence-electron chi connectivity index (χ1n) is 9.58. The SMILES string of the molecule is CCOc1cc(C=CC(=O)N2CCc3cc(OC)c(OC)cc3C2)ccc1[N+](=O)[O-]. The maximum atomic E-state index is 12.7. The van der Waals surface area contributed by atoms with E-state index in [-0.39, 0.29) is 17.3 Å². The number of benzene rings is 2. The summed E-state index contributed by atoms with van der Waals surface area (Å²) in [6.07, 6.45) is 3.84. The zero-order valence-corrected chi connectivity index (χ0v) is 17.2. The molecule has 1 heterocycles. The smallest absolute Gasteiger partial charge is 0.310 e. The molecule has 0 unspecified atom stereocenters. The van der Waals surface area contributed by atoms with Crippen LogP contribution < -0.4 is 14.2 Å². The van der Waals surface area contributed by atoms with Gasteiger partial charge in [-0.2, -0.15) is 0 Å². The highest BCUT2D eigenvalue weighted by Crippen LogP contribution is 2.33. The lowest BCUT2D eigenvalue weighted by Crippen LogP contribution is -2.34. The highest BCUT2D eigenvalue weighted by molar-refractivity contribution is 5.92. The Bertz CT molecular complexity index is 986. The molecule has 0 atom stereocenters. The average molecular weight is 412 g/mol. The van der Waals surface area contributed by atoms with Crippen LogP contribution in [0.5, 0.6) is 17.2 Å². The second-order valence-electron chi connectivity index (χ2n) is 6.74. The largest absolute Gasteiger partial charge is 0.493 e. The van der Waals surface area contributed by atoms with Crippen molar-refractivity contribution < 1.29 is 23.9 Å². The Kier molecular flexibility index (Phi) is 6.56. The third kappa shape index (κ3) is 4.53. The minimum Gasteiger partial charge on any atom is -0.493 e. The van der Waals surface area contributed by atoms with E-state index in [2.05, 4.69) is 0 Å². The number of rotatable bonds is 7. The fraction of sp³-hybridized carbons (Fsp3) is 0.318. The van der Waals surface area contributed by atoms with Crippen LogP contribution in [0.25, 0.3) is 6.08 Å². The van der Waals surface area contributed by atoms with Crippen LogP contribution in [-0.2, 0) is 17.8 Å². The molecule has 0 aliphatic carbocycles. The molecule has 1 aliphatic heterocycles. The summed E-state index contributed by atoms with van der Waals surface area (Å²) < 4.78 is 16.1. The molecule has 0 fully saturated rings. The van der Waals surface area contributed by atoms with Gasteiger partial charge in [0.1, 0.15) is 0 Å². The van der Waals surface area contributed by atoms with Gasteiger partial charge in [-0.1, -0.05) is 0 Å². The van der Waals surface area contributed by atoms with E-state index in [9.17, 15) is 14.9 Å². The van der Waals surface area contributed by atoms with Gasteiger partial charge in [0.05, 0.1) is 25.7 Å². The van der Waals surface area contributed by atoms with Gasteiger partial charge in [0.15, 0.2) is 17.2 Å². The lowest BCUT2D eigenvalue weighted by molar-refractivity contribution is -0.385. The molecule has 0 saturated heterocycles. The Morgan fingerprint density at radius 2 is 1.83 bits per heavy atom. The predicted molar refractivity (Wildman–Crippen MR) is 112 cm³/mol. The molecule has 1 aliphatic rings. The number of fused-ring (bicyclic) bond motifs is 1. The van der Waals surface area contributed by atoms with E-state index < -0.39 is 4.92 Å². The molecule has 8 nitrogen and oxygen atoms in total. The van der Waals surface area contributed by atoms with E-state index in [0.717, 1.165) is 17.5 Å². The summed E-state index contributed by atoms with van der Waals surface area (Å²) >= 11 is 0. The van der Waals surface area contributed by atoms with Crippen LogP contribution in [0, 0.1) is 10.1 Å². The van der Waals surface area contributed by atoms with Crippen molar-refractivity contribution in [2.45, 2.75) is 19.9 Å². The highest BCUT2D eigenvalue weighted by atomic mass is 16.6. The predicted octanol–water partition coefficient (Wildman–Crippen LogP) is 3.61. The van der Waals surface area contributed by atoms with Crippen molar-refractivity contribution in [3.05, 3.63) is 63.2 Å². The third-order valence-corrected chi connectivity index (χ3v) is 4.93. The Morgan fingerprint density at radius 3 is 2.47 bits per heavy atom. The quantitative estimate of drug-likeness (QED) is 0.392. The fourth-order valence-electron chi connectivity index (χ4n) is 3.40. The zero-order chi connectivity index (χ0) is 21.7. The Balaban J connectivity index is 1.75. The Labute approximate surface area is 174 Å². The van der Waals surface area contributed by atoms with E-state index in [1.54, 1.807) is 44.3 Å². The molecule has 2 aromatic carbocycles. The van der Waals surface area contributed by atoms with E-state index in [1.807, 2.05) is 12.1 Å². The molecule has 8 heteroatoms. The van der Waals surface area contributed by atoms with Gasteiger partial charge in [0, 0.05) is 25.2 Å². The number of methoxy groups -OCH3 is 2. The molecule has 0 saturated carbocycles. The van der Waals surface area contributed by atoms with Crippen LogP contribution in [0.15, 0.2) is 36.4 Å². The van der Waals surface area contributed by atoms with E-state index >= 15 is 0 Å². The van der Waals surface area contributed by atoms with Crippen molar-refractivity contribution in [2.75, 3.05) is 27.4 Å². The minimum atomic E-state index is -0.488. The van der Waals surface area contributed by atoms with Crippen molar-refractivity contribution in [2.24, 2.45) is 0 Å². The molecule has 0 spiro atoms. The van der Waals surface area contributed by atoms with Gasteiger partial charge >= 0.3 is 5.69 Å². The number of ether oxygens (including phenoxy) is 3. The van der Waals surface area contributed by atoms with Crippen LogP contribution in [-0.4, -0.2) is 43.1 Å². The van der Waals surface area contributed by atoms with Gasteiger partial charge in [0.2, 0.25) is 5.91 Å². The molecule has 2 aromatic rings. The second kappa shape index (κ2) is 9.30.